The molecule has 0 spiro atoms. The molecule has 0 radical (unpaired) electrons. The summed E-state index contributed by atoms with van der Waals surface area (Å²) in [6.07, 6.45) is 27.2. The van der Waals surface area contributed by atoms with Gasteiger partial charge < -0.3 is 4.74 Å². The average molecular weight is 509 g/mol. The smallest absolute Gasteiger partial charge is 0.311 e. The van der Waals surface area contributed by atoms with Crippen molar-refractivity contribution in [3.63, 3.8) is 0 Å². The highest BCUT2D eigenvalue weighted by Gasteiger charge is 2.16. The van der Waals surface area contributed by atoms with Crippen LogP contribution in [-0.4, -0.2) is 5.97 Å². The molecular weight excluding hydrogens is 452 g/mol. The van der Waals surface area contributed by atoms with E-state index in [-0.39, 0.29) is 5.97 Å². The van der Waals surface area contributed by atoms with Crippen LogP contribution in [0.25, 0.3) is 10.8 Å². The van der Waals surface area contributed by atoms with Gasteiger partial charge in [0.05, 0.1) is 0 Å². The Labute approximate surface area is 229 Å². The molecule has 0 aliphatic heterocycles. The molecule has 0 aromatic heterocycles. The number of carbonyl (C=O) groups excluding carboxylic acids is 1. The molecule has 0 amide bonds. The first kappa shape index (κ1) is 31.4. The number of unbranched alkanes of at least 4 members (excludes halogenated alkanes) is 16. The molecule has 1 atom stereocenters. The molecule has 0 bridgehead atoms. The van der Waals surface area contributed by atoms with Gasteiger partial charge in [0.1, 0.15) is 5.75 Å². The van der Waals surface area contributed by atoms with E-state index < -0.39 is 0 Å². The quantitative estimate of drug-likeness (QED) is 0.0847. The van der Waals surface area contributed by atoms with Gasteiger partial charge in [-0.3, -0.25) is 4.79 Å². The molecule has 0 N–H and O–H groups in total. The van der Waals surface area contributed by atoms with Crippen molar-refractivity contribution in [3.8, 4) is 5.75 Å². The third kappa shape index (κ3) is 14.6. The molecule has 0 saturated heterocycles. The number of rotatable bonds is 23. The molecule has 37 heavy (non-hydrogen) atoms. The van der Waals surface area contributed by atoms with Gasteiger partial charge in [0, 0.05) is 11.8 Å². The number of hydrogen-bond donors (Lipinski definition) is 0. The third-order valence-electron chi connectivity index (χ3n) is 7.86. The van der Waals surface area contributed by atoms with Crippen molar-refractivity contribution in [3.05, 3.63) is 42.5 Å². The van der Waals surface area contributed by atoms with Crippen molar-refractivity contribution in [1.29, 1.82) is 0 Å². The van der Waals surface area contributed by atoms with E-state index in [0.717, 1.165) is 23.6 Å². The maximum atomic E-state index is 13.0. The summed E-state index contributed by atoms with van der Waals surface area (Å²) < 4.78 is 5.90. The summed E-state index contributed by atoms with van der Waals surface area (Å²) in [5, 5.41) is 2.14. The van der Waals surface area contributed by atoms with Crippen LogP contribution in [0.5, 0.6) is 5.75 Å². The van der Waals surface area contributed by atoms with Gasteiger partial charge in [0.15, 0.2) is 0 Å². The van der Waals surface area contributed by atoms with Crippen LogP contribution in [0.15, 0.2) is 42.5 Å². The van der Waals surface area contributed by atoms with Gasteiger partial charge >= 0.3 is 5.97 Å². The molecule has 2 heteroatoms. The molecule has 0 aliphatic carbocycles. The number of esters is 1. The Morgan fingerprint density at radius 2 is 1.05 bits per heavy atom. The lowest BCUT2D eigenvalue weighted by Crippen LogP contribution is -2.15. The Balaban J connectivity index is 1.73. The van der Waals surface area contributed by atoms with E-state index in [9.17, 15) is 4.79 Å². The van der Waals surface area contributed by atoms with E-state index in [0.29, 0.717) is 18.1 Å². The van der Waals surface area contributed by atoms with Gasteiger partial charge in [-0.1, -0.05) is 166 Å². The van der Waals surface area contributed by atoms with Crippen LogP contribution in [0.1, 0.15) is 149 Å². The minimum Gasteiger partial charge on any atom is -0.426 e. The van der Waals surface area contributed by atoms with E-state index in [1.807, 2.05) is 30.3 Å². The Morgan fingerprint density at radius 1 is 0.595 bits per heavy atom. The van der Waals surface area contributed by atoms with Crippen molar-refractivity contribution in [2.45, 2.75) is 149 Å². The summed E-state index contributed by atoms with van der Waals surface area (Å²) >= 11 is 0. The number of hydrogen-bond acceptors (Lipinski definition) is 2. The molecule has 2 aromatic carbocycles. The fourth-order valence-electron chi connectivity index (χ4n) is 5.52. The number of ether oxygens (including phenoxy) is 1. The van der Waals surface area contributed by atoms with Crippen LogP contribution < -0.4 is 4.74 Å². The predicted octanol–water partition coefficient (Wildman–Crippen LogP) is 11.6. The zero-order valence-corrected chi connectivity index (χ0v) is 24.3. The second kappa shape index (κ2) is 21.1. The summed E-state index contributed by atoms with van der Waals surface area (Å²) in [6, 6.07) is 14.1. The minimum absolute atomic E-state index is 0.0620. The molecule has 208 valence electrons. The molecule has 0 saturated carbocycles. The first-order chi connectivity index (χ1) is 18.2. The second-order valence-electron chi connectivity index (χ2n) is 11.3. The van der Waals surface area contributed by atoms with E-state index in [1.165, 1.54) is 116 Å². The Kier molecular flexibility index (Phi) is 17.9. The normalized spacial score (nSPS) is 12.2. The van der Waals surface area contributed by atoms with Crippen LogP contribution in [0.4, 0.5) is 0 Å². The summed E-state index contributed by atoms with van der Waals surface area (Å²) in [6.45, 7) is 4.56. The van der Waals surface area contributed by atoms with Crippen LogP contribution in [-0.2, 0) is 4.79 Å². The lowest BCUT2D eigenvalue weighted by Gasteiger charge is -2.17. The summed E-state index contributed by atoms with van der Waals surface area (Å²) in [5.74, 6) is 1.09. The van der Waals surface area contributed by atoms with Crippen LogP contribution in [0, 0.1) is 5.92 Å². The van der Waals surface area contributed by atoms with Crippen LogP contribution >= 0.6 is 0 Å². The zero-order chi connectivity index (χ0) is 26.4. The summed E-state index contributed by atoms with van der Waals surface area (Å²) in [4.78, 5) is 13.0. The van der Waals surface area contributed by atoms with Gasteiger partial charge in [-0.05, 0) is 30.2 Å². The van der Waals surface area contributed by atoms with Crippen molar-refractivity contribution in [2.75, 3.05) is 0 Å². The predicted molar refractivity (Wildman–Crippen MR) is 161 cm³/mol. The first-order valence-electron chi connectivity index (χ1n) is 15.9. The van der Waals surface area contributed by atoms with Gasteiger partial charge in [-0.2, -0.15) is 0 Å². The topological polar surface area (TPSA) is 26.3 Å². The molecule has 1 unspecified atom stereocenters. The maximum absolute atomic E-state index is 13.0. The van der Waals surface area contributed by atoms with Gasteiger partial charge in [0.25, 0.3) is 0 Å². The fourth-order valence-corrected chi connectivity index (χ4v) is 5.52. The van der Waals surface area contributed by atoms with Gasteiger partial charge in [0.2, 0.25) is 0 Å². The van der Waals surface area contributed by atoms with Gasteiger partial charge in [-0.15, -0.1) is 0 Å². The average Bonchev–Trinajstić information content (AvgIpc) is 2.91. The highest BCUT2D eigenvalue weighted by molar-refractivity contribution is 5.90. The Morgan fingerprint density at radius 3 is 1.59 bits per heavy atom. The monoisotopic (exact) mass is 508 g/mol. The van der Waals surface area contributed by atoms with Crippen molar-refractivity contribution in [2.24, 2.45) is 5.92 Å². The van der Waals surface area contributed by atoms with E-state index in [2.05, 4.69) is 26.0 Å². The molecular formula is C35H56O2. The van der Waals surface area contributed by atoms with Crippen molar-refractivity contribution >= 4 is 16.7 Å². The Hall–Kier alpha value is -1.83. The lowest BCUT2D eigenvalue weighted by molar-refractivity contribution is -0.135. The molecule has 2 aromatic rings. The van der Waals surface area contributed by atoms with Crippen molar-refractivity contribution < 1.29 is 9.53 Å². The van der Waals surface area contributed by atoms with Gasteiger partial charge in [-0.25, -0.2) is 0 Å². The number of carbonyl (C=O) groups is 1. The third-order valence-corrected chi connectivity index (χ3v) is 7.86. The summed E-state index contributed by atoms with van der Waals surface area (Å²) in [5.41, 5.74) is 0. The second-order valence-corrected chi connectivity index (χ2v) is 11.3. The van der Waals surface area contributed by atoms with Crippen molar-refractivity contribution in [1.82, 2.24) is 0 Å². The van der Waals surface area contributed by atoms with Crippen LogP contribution in [0.3, 0.4) is 0 Å². The molecule has 0 aliphatic rings. The molecule has 2 rings (SSSR count). The lowest BCUT2D eigenvalue weighted by atomic mass is 9.91. The fraction of sp³-hybridized carbons (Fsp3) is 0.686. The van der Waals surface area contributed by atoms with E-state index in [1.54, 1.807) is 0 Å². The number of fused-ring (bicyclic) bond motifs is 1. The number of benzene rings is 2. The Bertz CT molecular complexity index is 822. The standard InChI is InChI=1S/C35H56O2/c1-3-5-7-9-11-13-14-16-18-20-25-31(24-19-17-15-12-10-8-6-4-2)30-35(36)37-34-29-23-27-32-26-21-22-28-33(32)34/h21-23,26-29,31H,3-20,24-25,30H2,1-2H3. The van der Waals surface area contributed by atoms with E-state index in [4.69, 9.17) is 4.74 Å². The van der Waals surface area contributed by atoms with Crippen LogP contribution in [0.2, 0.25) is 0 Å². The molecule has 0 fully saturated rings. The largest absolute Gasteiger partial charge is 0.426 e. The minimum atomic E-state index is -0.0620. The molecule has 0 heterocycles. The first-order valence-corrected chi connectivity index (χ1v) is 15.9. The molecule has 2 nitrogen and oxygen atoms in total. The summed E-state index contributed by atoms with van der Waals surface area (Å²) in [7, 11) is 0. The highest BCUT2D eigenvalue weighted by atomic mass is 16.5. The maximum Gasteiger partial charge on any atom is 0.311 e. The van der Waals surface area contributed by atoms with E-state index >= 15 is 0 Å². The SMILES string of the molecule is CCCCCCCCCCCCC(CCCCCCCCCC)CC(=O)Oc1cccc2ccccc12. The zero-order valence-electron chi connectivity index (χ0n) is 24.3. The highest BCUT2D eigenvalue weighted by Crippen LogP contribution is 2.27.